The summed E-state index contributed by atoms with van der Waals surface area (Å²) in [6.45, 7) is 1.22. The van der Waals surface area contributed by atoms with Gasteiger partial charge >= 0.3 is 0 Å². The van der Waals surface area contributed by atoms with Gasteiger partial charge in [0.1, 0.15) is 5.75 Å². The number of nitrogens with one attached hydrogen (secondary N) is 1. The highest BCUT2D eigenvalue weighted by atomic mass is 35.5. The molecule has 0 saturated heterocycles. The molecule has 106 valence electrons. The van der Waals surface area contributed by atoms with Crippen LogP contribution >= 0.6 is 23.2 Å². The monoisotopic (exact) mass is 310 g/mol. The van der Waals surface area contributed by atoms with Gasteiger partial charge in [-0.2, -0.15) is 0 Å². The Morgan fingerprint density at radius 1 is 1.20 bits per heavy atom. The summed E-state index contributed by atoms with van der Waals surface area (Å²) >= 11 is 12.2. The number of nitrogens with zero attached hydrogens (tertiary/aromatic N) is 1. The van der Waals surface area contributed by atoms with Crippen molar-refractivity contribution < 1.29 is 4.74 Å². The highest BCUT2D eigenvalue weighted by Crippen LogP contribution is 2.32. The Morgan fingerprint density at radius 3 is 2.65 bits per heavy atom. The van der Waals surface area contributed by atoms with Crippen LogP contribution in [0.5, 0.6) is 5.75 Å². The van der Waals surface area contributed by atoms with Crippen LogP contribution in [0, 0.1) is 0 Å². The molecule has 1 aromatic carbocycles. The van der Waals surface area contributed by atoms with Gasteiger partial charge in [0.05, 0.1) is 11.6 Å². The molecule has 3 nitrogen and oxygen atoms in total. The standard InChI is InChI=1S/C15H16Cl2N2O/c1-18-10-12-8-13(16)9-14(17)15(12)20-7-4-11-2-5-19-6-3-11/h2-3,5-6,8-9,18H,4,7,10H2,1H3. The molecule has 1 heterocycles. The molecule has 1 N–H and O–H groups in total. The van der Waals surface area contributed by atoms with Gasteiger partial charge in [-0.05, 0) is 36.9 Å². The molecule has 0 bridgehead atoms. The minimum Gasteiger partial charge on any atom is -0.491 e. The number of benzene rings is 1. The van der Waals surface area contributed by atoms with Crippen LogP contribution in [0.4, 0.5) is 0 Å². The van der Waals surface area contributed by atoms with Crippen LogP contribution in [0.3, 0.4) is 0 Å². The zero-order valence-electron chi connectivity index (χ0n) is 11.2. The maximum absolute atomic E-state index is 6.20. The van der Waals surface area contributed by atoms with Crippen molar-refractivity contribution in [1.29, 1.82) is 0 Å². The SMILES string of the molecule is CNCc1cc(Cl)cc(Cl)c1OCCc1ccncc1. The molecule has 0 aliphatic rings. The number of ether oxygens (including phenoxy) is 1. The summed E-state index contributed by atoms with van der Waals surface area (Å²) in [6.07, 6.45) is 4.36. The van der Waals surface area contributed by atoms with Gasteiger partial charge in [0.2, 0.25) is 0 Å². The van der Waals surface area contributed by atoms with Crippen LogP contribution in [-0.2, 0) is 13.0 Å². The fourth-order valence-electron chi connectivity index (χ4n) is 1.92. The van der Waals surface area contributed by atoms with Crippen molar-refractivity contribution in [2.24, 2.45) is 0 Å². The minimum atomic E-state index is 0.539. The molecule has 0 spiro atoms. The fourth-order valence-corrected chi connectivity index (χ4v) is 2.51. The smallest absolute Gasteiger partial charge is 0.142 e. The summed E-state index contributed by atoms with van der Waals surface area (Å²) in [5.74, 6) is 0.694. The molecule has 2 aromatic rings. The van der Waals surface area contributed by atoms with E-state index in [9.17, 15) is 0 Å². The van der Waals surface area contributed by atoms with Crippen molar-refractivity contribution >= 4 is 23.2 Å². The van der Waals surface area contributed by atoms with E-state index >= 15 is 0 Å². The average molecular weight is 311 g/mol. The van der Waals surface area contributed by atoms with Gasteiger partial charge in [0, 0.05) is 35.9 Å². The van der Waals surface area contributed by atoms with E-state index in [4.69, 9.17) is 27.9 Å². The molecule has 1 aromatic heterocycles. The van der Waals surface area contributed by atoms with Gasteiger partial charge in [-0.25, -0.2) is 0 Å². The Hall–Kier alpha value is -1.29. The number of hydrogen-bond donors (Lipinski definition) is 1. The van der Waals surface area contributed by atoms with Gasteiger partial charge in [-0.1, -0.05) is 23.2 Å². The van der Waals surface area contributed by atoms with E-state index in [0.29, 0.717) is 28.9 Å². The number of aromatic nitrogens is 1. The van der Waals surface area contributed by atoms with Gasteiger partial charge < -0.3 is 10.1 Å². The molecule has 0 radical (unpaired) electrons. The van der Waals surface area contributed by atoms with E-state index in [0.717, 1.165) is 12.0 Å². The molecule has 5 heteroatoms. The van der Waals surface area contributed by atoms with Gasteiger partial charge in [-0.15, -0.1) is 0 Å². The number of rotatable bonds is 6. The molecule has 0 fully saturated rings. The third-order valence-corrected chi connectivity index (χ3v) is 3.34. The Kier molecular flexibility index (Phi) is 5.65. The molecule has 0 unspecified atom stereocenters. The lowest BCUT2D eigenvalue weighted by molar-refractivity contribution is 0.318. The first kappa shape index (κ1) is 15.1. The first-order chi connectivity index (χ1) is 9.70. The minimum absolute atomic E-state index is 0.539. The third kappa shape index (κ3) is 4.10. The van der Waals surface area contributed by atoms with Crippen molar-refractivity contribution in [2.45, 2.75) is 13.0 Å². The molecule has 2 rings (SSSR count). The highest BCUT2D eigenvalue weighted by molar-refractivity contribution is 6.35. The Balaban J connectivity index is 2.05. The number of pyridine rings is 1. The Morgan fingerprint density at radius 2 is 1.95 bits per heavy atom. The summed E-state index contributed by atoms with van der Waals surface area (Å²) in [5.41, 5.74) is 2.14. The topological polar surface area (TPSA) is 34.1 Å². The molecule has 20 heavy (non-hydrogen) atoms. The van der Waals surface area contributed by atoms with Gasteiger partial charge in [-0.3, -0.25) is 4.98 Å². The lowest BCUT2D eigenvalue weighted by atomic mass is 10.2. The summed E-state index contributed by atoms with van der Waals surface area (Å²) in [5, 5.41) is 4.23. The van der Waals surface area contributed by atoms with Crippen LogP contribution in [-0.4, -0.2) is 18.6 Å². The maximum Gasteiger partial charge on any atom is 0.142 e. The first-order valence-corrected chi connectivity index (χ1v) is 7.10. The summed E-state index contributed by atoms with van der Waals surface area (Å²) < 4.78 is 5.83. The van der Waals surface area contributed by atoms with Crippen LogP contribution in [0.25, 0.3) is 0 Å². The summed E-state index contributed by atoms with van der Waals surface area (Å²) in [6, 6.07) is 7.51. The van der Waals surface area contributed by atoms with E-state index in [2.05, 4.69) is 10.3 Å². The van der Waals surface area contributed by atoms with E-state index in [1.807, 2.05) is 25.2 Å². The predicted molar refractivity (Wildman–Crippen MR) is 82.7 cm³/mol. The van der Waals surface area contributed by atoms with E-state index in [-0.39, 0.29) is 0 Å². The van der Waals surface area contributed by atoms with Gasteiger partial charge in [0.25, 0.3) is 0 Å². The first-order valence-electron chi connectivity index (χ1n) is 6.35. The Labute approximate surface area is 128 Å². The molecular formula is C15H16Cl2N2O. The van der Waals surface area contributed by atoms with Gasteiger partial charge in [0.15, 0.2) is 0 Å². The zero-order valence-corrected chi connectivity index (χ0v) is 12.7. The number of hydrogen-bond acceptors (Lipinski definition) is 3. The zero-order chi connectivity index (χ0) is 14.4. The van der Waals surface area contributed by atoms with Crippen LogP contribution in [0.2, 0.25) is 10.0 Å². The fraction of sp³-hybridized carbons (Fsp3) is 0.267. The second-order valence-electron chi connectivity index (χ2n) is 4.36. The van der Waals surface area contributed by atoms with Crippen molar-refractivity contribution in [3.8, 4) is 5.75 Å². The quantitative estimate of drug-likeness (QED) is 0.882. The second-order valence-corrected chi connectivity index (χ2v) is 5.20. The van der Waals surface area contributed by atoms with Crippen LogP contribution in [0.15, 0.2) is 36.7 Å². The van der Waals surface area contributed by atoms with Crippen molar-refractivity contribution in [3.63, 3.8) is 0 Å². The van der Waals surface area contributed by atoms with Crippen molar-refractivity contribution in [1.82, 2.24) is 10.3 Å². The van der Waals surface area contributed by atoms with Crippen molar-refractivity contribution in [3.05, 3.63) is 57.8 Å². The molecular weight excluding hydrogens is 295 g/mol. The van der Waals surface area contributed by atoms with E-state index in [1.54, 1.807) is 18.5 Å². The molecule has 0 amide bonds. The highest BCUT2D eigenvalue weighted by Gasteiger charge is 2.10. The van der Waals surface area contributed by atoms with E-state index in [1.165, 1.54) is 5.56 Å². The van der Waals surface area contributed by atoms with Crippen LogP contribution in [0.1, 0.15) is 11.1 Å². The maximum atomic E-state index is 6.20. The second kappa shape index (κ2) is 7.48. The van der Waals surface area contributed by atoms with E-state index < -0.39 is 0 Å². The lowest BCUT2D eigenvalue weighted by Crippen LogP contribution is -2.09. The largest absolute Gasteiger partial charge is 0.491 e. The molecule has 0 saturated carbocycles. The number of halogens is 2. The Bertz CT molecular complexity index is 561. The lowest BCUT2D eigenvalue weighted by Gasteiger charge is -2.13. The third-order valence-electron chi connectivity index (χ3n) is 2.84. The molecule has 0 aliphatic heterocycles. The average Bonchev–Trinajstić information content (AvgIpc) is 2.43. The van der Waals surface area contributed by atoms with Crippen LogP contribution < -0.4 is 10.1 Å². The summed E-state index contributed by atoms with van der Waals surface area (Å²) in [7, 11) is 1.87. The molecule has 0 atom stereocenters. The predicted octanol–water partition coefficient (Wildman–Crippen LogP) is 3.73. The molecule has 0 aliphatic carbocycles. The summed E-state index contributed by atoms with van der Waals surface area (Å²) in [4.78, 5) is 3.99. The van der Waals surface area contributed by atoms with Crippen molar-refractivity contribution in [2.75, 3.05) is 13.7 Å². The normalized spacial score (nSPS) is 10.6.